The lowest BCUT2D eigenvalue weighted by atomic mass is 9.99. The molecule has 0 fully saturated rings. The normalized spacial score (nSPS) is 13.0. The van der Waals surface area contributed by atoms with E-state index in [0.717, 1.165) is 25.0 Å². The van der Waals surface area contributed by atoms with E-state index in [2.05, 4.69) is 61.3 Å². The number of carboxylic acid groups (broad SMARTS) is 1. The zero-order chi connectivity index (χ0) is 19.5. The molecule has 2 aromatic rings. The molecule has 1 unspecified atom stereocenters. The number of aliphatic carboxylic acids is 1. The number of fused-ring (bicyclic) bond motifs is 1. The lowest BCUT2D eigenvalue weighted by molar-refractivity contribution is -0.140. The molecule has 0 aromatic heterocycles. The molecule has 0 radical (unpaired) electrons. The average molecular weight is 365 g/mol. The first-order chi connectivity index (χ1) is 13.1. The maximum Gasteiger partial charge on any atom is 0.341 e. The molecule has 142 valence electrons. The number of nitrogens with one attached hydrogen (secondary N) is 1. The van der Waals surface area contributed by atoms with E-state index < -0.39 is 5.97 Å². The molecule has 0 spiro atoms. The number of carboxylic acids is 1. The molecular weight excluding hydrogens is 338 g/mol. The summed E-state index contributed by atoms with van der Waals surface area (Å²) >= 11 is 0. The summed E-state index contributed by atoms with van der Waals surface area (Å²) in [5, 5.41) is 14.6. The van der Waals surface area contributed by atoms with Crippen LogP contribution in [0, 0.1) is 0 Å². The van der Waals surface area contributed by atoms with Crippen molar-refractivity contribution in [2.75, 3.05) is 13.2 Å². The Hall–Kier alpha value is -2.85. The Labute approximate surface area is 160 Å². The van der Waals surface area contributed by atoms with Crippen LogP contribution in [-0.2, 0) is 9.53 Å². The highest BCUT2D eigenvalue weighted by molar-refractivity contribution is 5.86. The van der Waals surface area contributed by atoms with Crippen molar-refractivity contribution in [3.8, 4) is 0 Å². The Balaban J connectivity index is 1.81. The van der Waals surface area contributed by atoms with Crippen molar-refractivity contribution < 1.29 is 14.6 Å². The second kappa shape index (κ2) is 11.0. The quantitative estimate of drug-likeness (QED) is 0.334. The summed E-state index contributed by atoms with van der Waals surface area (Å²) in [5.41, 5.74) is 2.40. The topological polar surface area (TPSA) is 58.6 Å². The zero-order valence-electron chi connectivity index (χ0n) is 15.7. The van der Waals surface area contributed by atoms with Gasteiger partial charge in [-0.1, -0.05) is 61.2 Å². The van der Waals surface area contributed by atoms with Crippen LogP contribution in [0.25, 0.3) is 10.8 Å². The van der Waals surface area contributed by atoms with Gasteiger partial charge in [0.1, 0.15) is 0 Å². The number of benzene rings is 2. The van der Waals surface area contributed by atoms with Gasteiger partial charge in [-0.05, 0) is 54.3 Å². The van der Waals surface area contributed by atoms with Gasteiger partial charge in [-0.15, -0.1) is 0 Å². The number of hydrogen-bond acceptors (Lipinski definition) is 3. The summed E-state index contributed by atoms with van der Waals surface area (Å²) in [5.74, 6) is -0.987. The minimum Gasteiger partial charge on any atom is -0.490 e. The molecule has 0 amide bonds. The van der Waals surface area contributed by atoms with Crippen LogP contribution < -0.4 is 5.32 Å². The first kappa shape index (κ1) is 20.5. The first-order valence-electron chi connectivity index (χ1n) is 9.14. The highest BCUT2D eigenvalue weighted by Crippen LogP contribution is 2.24. The van der Waals surface area contributed by atoms with Gasteiger partial charge in [0.15, 0.2) is 6.61 Å². The summed E-state index contributed by atoms with van der Waals surface area (Å²) in [6, 6.07) is 15.1. The van der Waals surface area contributed by atoms with Crippen LogP contribution in [0.2, 0.25) is 0 Å². The van der Waals surface area contributed by atoms with Gasteiger partial charge in [0.25, 0.3) is 0 Å². The molecule has 2 N–H and O–H groups in total. The van der Waals surface area contributed by atoms with E-state index >= 15 is 0 Å². The molecule has 0 heterocycles. The van der Waals surface area contributed by atoms with Crippen LogP contribution in [-0.4, -0.2) is 24.2 Å². The van der Waals surface area contributed by atoms with Crippen LogP contribution in [0.5, 0.6) is 0 Å². The molecule has 1 atom stereocenters. The molecule has 0 saturated carbocycles. The average Bonchev–Trinajstić information content (AvgIpc) is 2.68. The van der Waals surface area contributed by atoms with Crippen LogP contribution in [0.1, 0.15) is 31.4 Å². The van der Waals surface area contributed by atoms with Gasteiger partial charge < -0.3 is 15.2 Å². The molecule has 4 nitrogen and oxygen atoms in total. The number of rotatable bonds is 11. The predicted molar refractivity (Wildman–Crippen MR) is 111 cm³/mol. The molecular formula is C23H27NO3. The van der Waals surface area contributed by atoms with Gasteiger partial charge >= 0.3 is 5.97 Å². The highest BCUT2D eigenvalue weighted by atomic mass is 16.5. The van der Waals surface area contributed by atoms with Gasteiger partial charge in [-0.25, -0.2) is 4.79 Å². The summed E-state index contributed by atoms with van der Waals surface area (Å²) in [6.07, 6.45) is 8.67. The lowest BCUT2D eigenvalue weighted by Gasteiger charge is -2.16. The van der Waals surface area contributed by atoms with E-state index in [9.17, 15) is 4.79 Å². The molecule has 4 heteroatoms. The lowest BCUT2D eigenvalue weighted by Crippen LogP contribution is -2.20. The van der Waals surface area contributed by atoms with Gasteiger partial charge in [-0.3, -0.25) is 0 Å². The Morgan fingerprint density at radius 3 is 2.81 bits per heavy atom. The van der Waals surface area contributed by atoms with Gasteiger partial charge in [0.2, 0.25) is 0 Å². The standard InChI is InChI=1S/C23H27NO3/c1-3-19(10-8-16-27-17-23(25)26)9-7-15-24-18(2)21-14-6-12-20-11-4-5-13-22(20)21/h3-6,8,10-14,16,18,24H,1,7,9,15,17H2,2H3,(H,25,26). The van der Waals surface area contributed by atoms with E-state index in [1.54, 1.807) is 6.08 Å². The van der Waals surface area contributed by atoms with Crippen LogP contribution >= 0.6 is 0 Å². The fourth-order valence-corrected chi connectivity index (χ4v) is 2.94. The molecule has 2 rings (SSSR count). The van der Waals surface area contributed by atoms with Gasteiger partial charge in [0.05, 0.1) is 6.26 Å². The second-order valence-corrected chi connectivity index (χ2v) is 6.33. The zero-order valence-corrected chi connectivity index (χ0v) is 15.7. The summed E-state index contributed by atoms with van der Waals surface area (Å²) in [7, 11) is 0. The van der Waals surface area contributed by atoms with Crippen LogP contribution in [0.3, 0.4) is 0 Å². The van der Waals surface area contributed by atoms with Crippen LogP contribution in [0.4, 0.5) is 0 Å². The van der Waals surface area contributed by atoms with E-state index in [0.29, 0.717) is 0 Å². The first-order valence-corrected chi connectivity index (χ1v) is 9.14. The van der Waals surface area contributed by atoms with Crippen molar-refractivity contribution in [1.82, 2.24) is 5.32 Å². The minimum absolute atomic E-state index is 0.275. The second-order valence-electron chi connectivity index (χ2n) is 6.33. The molecule has 2 aromatic carbocycles. The van der Waals surface area contributed by atoms with Crippen molar-refractivity contribution in [2.24, 2.45) is 0 Å². The van der Waals surface area contributed by atoms with E-state index in [1.807, 2.05) is 12.2 Å². The van der Waals surface area contributed by atoms with Crippen molar-refractivity contribution in [2.45, 2.75) is 25.8 Å². The third-order valence-electron chi connectivity index (χ3n) is 4.34. The third-order valence-corrected chi connectivity index (χ3v) is 4.34. The Morgan fingerprint density at radius 1 is 1.26 bits per heavy atom. The van der Waals surface area contributed by atoms with Gasteiger partial charge in [0, 0.05) is 6.04 Å². The summed E-state index contributed by atoms with van der Waals surface area (Å²) in [6.45, 7) is 6.58. The van der Waals surface area contributed by atoms with E-state index in [4.69, 9.17) is 9.84 Å². The minimum atomic E-state index is -0.987. The van der Waals surface area contributed by atoms with Crippen molar-refractivity contribution in [3.05, 3.63) is 84.7 Å². The smallest absolute Gasteiger partial charge is 0.341 e. The number of ether oxygens (including phenoxy) is 1. The largest absolute Gasteiger partial charge is 0.490 e. The van der Waals surface area contributed by atoms with Crippen molar-refractivity contribution >= 4 is 16.7 Å². The molecule has 0 saturated heterocycles. The summed E-state index contributed by atoms with van der Waals surface area (Å²) < 4.78 is 4.86. The highest BCUT2D eigenvalue weighted by Gasteiger charge is 2.08. The molecule has 0 aliphatic rings. The number of allylic oxidation sites excluding steroid dienone is 4. The number of hydrogen-bond donors (Lipinski definition) is 2. The van der Waals surface area contributed by atoms with Crippen molar-refractivity contribution in [1.29, 1.82) is 0 Å². The fraction of sp³-hybridized carbons (Fsp3) is 0.261. The monoisotopic (exact) mass is 365 g/mol. The third kappa shape index (κ3) is 6.76. The molecule has 27 heavy (non-hydrogen) atoms. The molecule has 0 bridgehead atoms. The van der Waals surface area contributed by atoms with Crippen LogP contribution in [0.15, 0.2) is 79.1 Å². The molecule has 0 aliphatic carbocycles. The SMILES string of the molecule is C=CC(=CC=COCC(=O)O)CCCNC(C)c1cccc2ccccc12. The van der Waals surface area contributed by atoms with E-state index in [1.165, 1.54) is 22.6 Å². The van der Waals surface area contributed by atoms with Crippen molar-refractivity contribution in [3.63, 3.8) is 0 Å². The van der Waals surface area contributed by atoms with E-state index in [-0.39, 0.29) is 12.6 Å². The maximum atomic E-state index is 10.4. The Kier molecular flexibility index (Phi) is 8.33. The maximum absolute atomic E-state index is 10.4. The Morgan fingerprint density at radius 2 is 2.04 bits per heavy atom. The van der Waals surface area contributed by atoms with Gasteiger partial charge in [-0.2, -0.15) is 0 Å². The number of carbonyl (C=O) groups is 1. The Bertz CT molecular complexity index is 818. The fourth-order valence-electron chi connectivity index (χ4n) is 2.94. The molecule has 0 aliphatic heterocycles. The predicted octanol–water partition coefficient (Wildman–Crippen LogP) is 5.00. The summed E-state index contributed by atoms with van der Waals surface area (Å²) in [4.78, 5) is 10.4.